The van der Waals surface area contributed by atoms with E-state index in [2.05, 4.69) is 26.2 Å². The summed E-state index contributed by atoms with van der Waals surface area (Å²) >= 11 is 3.42. The van der Waals surface area contributed by atoms with E-state index in [4.69, 9.17) is 5.26 Å². The predicted molar refractivity (Wildman–Crippen MR) is 63.7 cm³/mol. The maximum absolute atomic E-state index is 8.85. The molecule has 0 unspecified atom stereocenters. The Bertz CT molecular complexity index is 557. The molecule has 0 fully saturated rings. The SMILES string of the molecule is CNc1cc(C#N)nc2c(Br)cccc12. The first-order valence-electron chi connectivity index (χ1n) is 4.43. The number of pyridine rings is 1. The second kappa shape index (κ2) is 3.87. The van der Waals surface area contributed by atoms with Crippen LogP contribution in [0.15, 0.2) is 28.7 Å². The van der Waals surface area contributed by atoms with Crippen LogP contribution in [0.25, 0.3) is 10.9 Å². The highest BCUT2D eigenvalue weighted by molar-refractivity contribution is 9.10. The molecule has 2 rings (SSSR count). The summed E-state index contributed by atoms with van der Waals surface area (Å²) in [6.45, 7) is 0. The molecule has 0 aliphatic carbocycles. The monoisotopic (exact) mass is 261 g/mol. The smallest absolute Gasteiger partial charge is 0.143 e. The number of aromatic nitrogens is 1. The number of para-hydroxylation sites is 1. The van der Waals surface area contributed by atoms with Crippen LogP contribution in [0.5, 0.6) is 0 Å². The normalized spacial score (nSPS) is 9.93. The lowest BCUT2D eigenvalue weighted by molar-refractivity contribution is 1.31. The molecule has 0 bridgehead atoms. The molecule has 0 spiro atoms. The number of benzene rings is 1. The summed E-state index contributed by atoms with van der Waals surface area (Å²) in [6.07, 6.45) is 0. The molecule has 1 heterocycles. The zero-order valence-electron chi connectivity index (χ0n) is 8.08. The van der Waals surface area contributed by atoms with Crippen LogP contribution in [-0.4, -0.2) is 12.0 Å². The zero-order chi connectivity index (χ0) is 10.8. The number of nitrogens with zero attached hydrogens (tertiary/aromatic N) is 2. The van der Waals surface area contributed by atoms with Gasteiger partial charge in [0.15, 0.2) is 0 Å². The number of halogens is 1. The van der Waals surface area contributed by atoms with E-state index in [0.29, 0.717) is 5.69 Å². The van der Waals surface area contributed by atoms with Gasteiger partial charge in [0.2, 0.25) is 0 Å². The van der Waals surface area contributed by atoms with Crippen molar-refractivity contribution in [3.8, 4) is 6.07 Å². The summed E-state index contributed by atoms with van der Waals surface area (Å²) in [5.41, 5.74) is 2.14. The van der Waals surface area contributed by atoms with Gasteiger partial charge in [-0.05, 0) is 28.1 Å². The van der Waals surface area contributed by atoms with Gasteiger partial charge in [0.05, 0.1) is 5.52 Å². The fourth-order valence-corrected chi connectivity index (χ4v) is 1.93. The molecular weight excluding hydrogens is 254 g/mol. The van der Waals surface area contributed by atoms with E-state index >= 15 is 0 Å². The Balaban J connectivity index is 2.88. The van der Waals surface area contributed by atoms with Crippen LogP contribution in [0.1, 0.15) is 5.69 Å². The van der Waals surface area contributed by atoms with E-state index in [1.807, 2.05) is 31.3 Å². The average molecular weight is 262 g/mol. The van der Waals surface area contributed by atoms with E-state index in [1.165, 1.54) is 0 Å². The van der Waals surface area contributed by atoms with Crippen molar-refractivity contribution < 1.29 is 0 Å². The second-order valence-electron chi connectivity index (χ2n) is 3.05. The molecule has 0 radical (unpaired) electrons. The molecule has 4 heteroatoms. The highest BCUT2D eigenvalue weighted by Crippen LogP contribution is 2.28. The summed E-state index contributed by atoms with van der Waals surface area (Å²) in [7, 11) is 1.83. The van der Waals surface area contributed by atoms with Crippen molar-refractivity contribution in [2.45, 2.75) is 0 Å². The van der Waals surface area contributed by atoms with Crippen molar-refractivity contribution in [1.29, 1.82) is 5.26 Å². The van der Waals surface area contributed by atoms with Gasteiger partial charge in [-0.15, -0.1) is 0 Å². The molecule has 74 valence electrons. The summed E-state index contributed by atoms with van der Waals surface area (Å²) in [6, 6.07) is 9.62. The quantitative estimate of drug-likeness (QED) is 0.859. The van der Waals surface area contributed by atoms with Gasteiger partial charge >= 0.3 is 0 Å². The molecule has 2 aromatic rings. The summed E-state index contributed by atoms with van der Waals surface area (Å²) < 4.78 is 0.897. The van der Waals surface area contributed by atoms with Crippen LogP contribution >= 0.6 is 15.9 Å². The van der Waals surface area contributed by atoms with Crippen LogP contribution in [0.3, 0.4) is 0 Å². The molecule has 0 saturated carbocycles. The fourth-order valence-electron chi connectivity index (χ4n) is 1.48. The van der Waals surface area contributed by atoms with Gasteiger partial charge in [0.25, 0.3) is 0 Å². The first-order chi connectivity index (χ1) is 7.26. The Morgan fingerprint density at radius 1 is 1.47 bits per heavy atom. The topological polar surface area (TPSA) is 48.7 Å². The van der Waals surface area contributed by atoms with E-state index < -0.39 is 0 Å². The third-order valence-electron chi connectivity index (χ3n) is 2.17. The minimum absolute atomic E-state index is 0.416. The Hall–Kier alpha value is -1.60. The molecule has 0 amide bonds. The standard InChI is InChI=1S/C11H8BrN3/c1-14-10-5-7(6-13)15-11-8(10)3-2-4-9(11)12/h2-5H,1H3,(H,14,15). The van der Waals surface area contributed by atoms with E-state index in [0.717, 1.165) is 21.1 Å². The number of hydrogen-bond donors (Lipinski definition) is 1. The Morgan fingerprint density at radius 3 is 2.93 bits per heavy atom. The lowest BCUT2D eigenvalue weighted by Gasteiger charge is -2.06. The minimum Gasteiger partial charge on any atom is -0.387 e. The highest BCUT2D eigenvalue weighted by atomic mass is 79.9. The molecule has 0 aliphatic heterocycles. The highest BCUT2D eigenvalue weighted by Gasteiger charge is 2.06. The van der Waals surface area contributed by atoms with Gasteiger partial charge < -0.3 is 5.32 Å². The summed E-state index contributed by atoms with van der Waals surface area (Å²) in [4.78, 5) is 4.25. The van der Waals surface area contributed by atoms with Gasteiger partial charge in [-0.3, -0.25) is 0 Å². The third kappa shape index (κ3) is 1.66. The first kappa shape index (κ1) is 9.94. The van der Waals surface area contributed by atoms with Crippen LogP contribution < -0.4 is 5.32 Å². The molecular formula is C11H8BrN3. The number of fused-ring (bicyclic) bond motifs is 1. The molecule has 1 aromatic carbocycles. The van der Waals surface area contributed by atoms with Crippen molar-refractivity contribution in [3.63, 3.8) is 0 Å². The number of nitriles is 1. The van der Waals surface area contributed by atoms with Crippen LogP contribution in [-0.2, 0) is 0 Å². The maximum Gasteiger partial charge on any atom is 0.143 e. The van der Waals surface area contributed by atoms with Crippen molar-refractivity contribution in [1.82, 2.24) is 4.98 Å². The van der Waals surface area contributed by atoms with E-state index in [9.17, 15) is 0 Å². The van der Waals surface area contributed by atoms with E-state index in [1.54, 1.807) is 6.07 Å². The Kier molecular flexibility index (Phi) is 2.57. The lowest BCUT2D eigenvalue weighted by atomic mass is 10.1. The van der Waals surface area contributed by atoms with Crippen LogP contribution in [0.4, 0.5) is 5.69 Å². The second-order valence-corrected chi connectivity index (χ2v) is 3.91. The third-order valence-corrected chi connectivity index (χ3v) is 2.81. The Labute approximate surface area is 95.9 Å². The molecule has 3 nitrogen and oxygen atoms in total. The molecule has 1 N–H and O–H groups in total. The van der Waals surface area contributed by atoms with Crippen molar-refractivity contribution in [2.24, 2.45) is 0 Å². The van der Waals surface area contributed by atoms with Gasteiger partial charge in [0.1, 0.15) is 11.8 Å². The Morgan fingerprint density at radius 2 is 2.27 bits per heavy atom. The lowest BCUT2D eigenvalue weighted by Crippen LogP contribution is -1.94. The van der Waals surface area contributed by atoms with Crippen molar-refractivity contribution in [3.05, 3.63) is 34.4 Å². The molecule has 0 saturated heterocycles. The zero-order valence-corrected chi connectivity index (χ0v) is 9.67. The first-order valence-corrected chi connectivity index (χ1v) is 5.22. The maximum atomic E-state index is 8.85. The minimum atomic E-state index is 0.416. The fraction of sp³-hybridized carbons (Fsp3) is 0.0909. The van der Waals surface area contributed by atoms with Crippen LogP contribution in [0, 0.1) is 11.3 Å². The molecule has 1 aromatic heterocycles. The largest absolute Gasteiger partial charge is 0.387 e. The number of anilines is 1. The van der Waals surface area contributed by atoms with Crippen molar-refractivity contribution in [2.75, 3.05) is 12.4 Å². The molecule has 0 atom stereocenters. The van der Waals surface area contributed by atoms with Gasteiger partial charge in [-0.2, -0.15) is 5.26 Å². The summed E-state index contributed by atoms with van der Waals surface area (Å²) in [5, 5.41) is 12.9. The molecule has 0 aliphatic rings. The van der Waals surface area contributed by atoms with Crippen molar-refractivity contribution >= 4 is 32.5 Å². The average Bonchev–Trinajstić information content (AvgIpc) is 2.28. The predicted octanol–water partition coefficient (Wildman–Crippen LogP) is 2.91. The number of hydrogen-bond acceptors (Lipinski definition) is 3. The van der Waals surface area contributed by atoms with Gasteiger partial charge in [-0.25, -0.2) is 4.98 Å². The number of nitrogens with one attached hydrogen (secondary N) is 1. The van der Waals surface area contributed by atoms with Gasteiger partial charge in [-0.1, -0.05) is 12.1 Å². The van der Waals surface area contributed by atoms with Gasteiger partial charge in [0, 0.05) is 22.6 Å². The number of rotatable bonds is 1. The summed E-state index contributed by atoms with van der Waals surface area (Å²) in [5.74, 6) is 0. The van der Waals surface area contributed by atoms with Crippen LogP contribution in [0.2, 0.25) is 0 Å². The van der Waals surface area contributed by atoms with E-state index in [-0.39, 0.29) is 0 Å². The molecule has 15 heavy (non-hydrogen) atoms.